The molecule has 0 aromatic heterocycles. The van der Waals surface area contributed by atoms with E-state index >= 15 is 0 Å². The maximum atomic E-state index is 13.0. The van der Waals surface area contributed by atoms with Crippen LogP contribution in [0.2, 0.25) is 0 Å². The minimum Gasteiger partial charge on any atom is -0.411 e. The molecule has 3 saturated carbocycles. The number of carbonyl (C=O) groups is 1. The number of allylic oxidation sites excluding steroid dienone is 2. The highest BCUT2D eigenvalue weighted by atomic mass is 16.4. The van der Waals surface area contributed by atoms with Gasteiger partial charge in [0, 0.05) is 11.8 Å². The quantitative estimate of drug-likeness (QED) is 0.380. The van der Waals surface area contributed by atoms with Crippen molar-refractivity contribution in [1.29, 1.82) is 0 Å². The Morgan fingerprint density at radius 2 is 1.77 bits per heavy atom. The number of fused-ring (bicyclic) bond motifs is 5. The lowest BCUT2D eigenvalue weighted by Gasteiger charge is -2.57. The Bertz CT molecular complexity index is 685. The van der Waals surface area contributed by atoms with Crippen LogP contribution in [0.3, 0.4) is 0 Å². The summed E-state index contributed by atoms with van der Waals surface area (Å²) in [6.45, 7) is 6.35. The van der Waals surface area contributed by atoms with Crippen LogP contribution in [0, 0.1) is 34.5 Å². The fourth-order valence-electron chi connectivity index (χ4n) is 7.15. The van der Waals surface area contributed by atoms with Crippen LogP contribution in [0.4, 0.5) is 0 Å². The Kier molecular flexibility index (Phi) is 4.12. The largest absolute Gasteiger partial charge is 0.411 e. The number of hydrogen-bond donors (Lipinski definition) is 3. The lowest BCUT2D eigenvalue weighted by atomic mass is 9.47. The molecule has 0 spiro atoms. The second-order valence-electron chi connectivity index (χ2n) is 9.70. The van der Waals surface area contributed by atoms with Crippen LogP contribution in [0.5, 0.6) is 0 Å². The van der Waals surface area contributed by atoms with E-state index in [1.54, 1.807) is 0 Å². The van der Waals surface area contributed by atoms with Crippen LogP contribution in [-0.2, 0) is 4.79 Å². The molecule has 5 heteroatoms. The van der Waals surface area contributed by atoms with E-state index in [1.807, 2.05) is 13.0 Å². The SMILES string of the molecule is C/C(=N/O)[C@H]1CCC2C3=CC(=O)[C@@H]4C[C@@H](O)[C@@H](O)C[C@]4(C)C3CC[C@@]21C. The number of aliphatic hydroxyl groups is 2. The Balaban J connectivity index is 1.73. The van der Waals surface area contributed by atoms with E-state index in [0.29, 0.717) is 24.7 Å². The van der Waals surface area contributed by atoms with Crippen LogP contribution in [-0.4, -0.2) is 39.1 Å². The van der Waals surface area contributed by atoms with Gasteiger partial charge in [0.15, 0.2) is 5.78 Å². The monoisotopic (exact) mass is 361 g/mol. The first-order valence-electron chi connectivity index (χ1n) is 10.0. The third kappa shape index (κ3) is 2.29. The van der Waals surface area contributed by atoms with E-state index < -0.39 is 12.2 Å². The highest BCUT2D eigenvalue weighted by Crippen LogP contribution is 2.65. The van der Waals surface area contributed by atoms with E-state index in [0.717, 1.165) is 31.4 Å². The molecule has 4 rings (SSSR count). The van der Waals surface area contributed by atoms with Crippen molar-refractivity contribution < 1.29 is 20.2 Å². The third-order valence-electron chi connectivity index (χ3n) is 8.59. The van der Waals surface area contributed by atoms with Gasteiger partial charge in [0.25, 0.3) is 0 Å². The normalized spacial score (nSPS) is 51.3. The predicted molar refractivity (Wildman–Crippen MR) is 97.9 cm³/mol. The second kappa shape index (κ2) is 5.90. The highest BCUT2D eigenvalue weighted by Gasteiger charge is 2.60. The molecule has 0 saturated heterocycles. The average Bonchev–Trinajstić information content (AvgIpc) is 2.94. The van der Waals surface area contributed by atoms with Crippen LogP contribution in [0.25, 0.3) is 0 Å². The molecule has 2 unspecified atom stereocenters. The molecule has 0 aromatic rings. The van der Waals surface area contributed by atoms with Gasteiger partial charge >= 0.3 is 0 Å². The molecule has 0 aromatic carbocycles. The molecule has 8 atom stereocenters. The van der Waals surface area contributed by atoms with Gasteiger partial charge in [-0.25, -0.2) is 0 Å². The first-order chi connectivity index (χ1) is 12.2. The summed E-state index contributed by atoms with van der Waals surface area (Å²) in [5, 5.41) is 33.2. The van der Waals surface area contributed by atoms with Gasteiger partial charge in [-0.2, -0.15) is 0 Å². The molecule has 26 heavy (non-hydrogen) atoms. The third-order valence-corrected chi connectivity index (χ3v) is 8.59. The van der Waals surface area contributed by atoms with Crippen LogP contribution < -0.4 is 0 Å². The van der Waals surface area contributed by atoms with Crippen molar-refractivity contribution in [3.63, 3.8) is 0 Å². The molecule has 0 aliphatic heterocycles. The number of hydrogen-bond acceptors (Lipinski definition) is 5. The molecule has 0 heterocycles. The molecular weight excluding hydrogens is 330 g/mol. The van der Waals surface area contributed by atoms with Gasteiger partial charge in [-0.05, 0) is 74.2 Å². The molecule has 4 aliphatic carbocycles. The molecule has 144 valence electrons. The smallest absolute Gasteiger partial charge is 0.159 e. The van der Waals surface area contributed by atoms with Gasteiger partial charge in [-0.1, -0.05) is 24.6 Å². The van der Waals surface area contributed by atoms with Crippen molar-refractivity contribution in [2.75, 3.05) is 0 Å². The molecule has 3 fully saturated rings. The second-order valence-corrected chi connectivity index (χ2v) is 9.70. The van der Waals surface area contributed by atoms with Crippen LogP contribution in [0.1, 0.15) is 59.3 Å². The van der Waals surface area contributed by atoms with Gasteiger partial charge in [0.2, 0.25) is 0 Å². The first-order valence-corrected chi connectivity index (χ1v) is 10.0. The van der Waals surface area contributed by atoms with Crippen molar-refractivity contribution in [2.24, 2.45) is 39.7 Å². The maximum absolute atomic E-state index is 13.0. The van der Waals surface area contributed by atoms with Gasteiger partial charge in [0.05, 0.1) is 17.9 Å². The predicted octanol–water partition coefficient (Wildman–Crippen LogP) is 2.93. The van der Waals surface area contributed by atoms with Gasteiger partial charge in [0.1, 0.15) is 0 Å². The first kappa shape index (κ1) is 18.2. The van der Waals surface area contributed by atoms with Crippen molar-refractivity contribution >= 4 is 11.5 Å². The van der Waals surface area contributed by atoms with Crippen molar-refractivity contribution in [3.8, 4) is 0 Å². The van der Waals surface area contributed by atoms with E-state index in [1.165, 1.54) is 5.57 Å². The zero-order valence-corrected chi connectivity index (χ0v) is 16.0. The van der Waals surface area contributed by atoms with Crippen LogP contribution in [0.15, 0.2) is 16.8 Å². The Morgan fingerprint density at radius 1 is 1.08 bits per heavy atom. The molecule has 3 N–H and O–H groups in total. The minimum atomic E-state index is -0.792. The number of oxime groups is 1. The maximum Gasteiger partial charge on any atom is 0.159 e. The molecule has 5 nitrogen and oxygen atoms in total. The number of rotatable bonds is 1. The Hall–Kier alpha value is -1.20. The fraction of sp³-hybridized carbons (Fsp3) is 0.810. The molecule has 4 aliphatic rings. The summed E-state index contributed by atoms with van der Waals surface area (Å²) >= 11 is 0. The van der Waals surface area contributed by atoms with E-state index in [4.69, 9.17) is 0 Å². The summed E-state index contributed by atoms with van der Waals surface area (Å²) in [6.07, 6.45) is 5.29. The van der Waals surface area contributed by atoms with Gasteiger partial charge in [-0.3, -0.25) is 4.79 Å². The Morgan fingerprint density at radius 3 is 2.46 bits per heavy atom. The number of aliphatic hydroxyl groups excluding tert-OH is 2. The summed E-state index contributed by atoms with van der Waals surface area (Å²) in [4.78, 5) is 13.0. The average molecular weight is 361 g/mol. The lowest BCUT2D eigenvalue weighted by molar-refractivity contribution is -0.142. The van der Waals surface area contributed by atoms with Crippen molar-refractivity contribution in [1.82, 2.24) is 0 Å². The zero-order valence-electron chi connectivity index (χ0n) is 16.0. The molecule has 0 radical (unpaired) electrons. The summed E-state index contributed by atoms with van der Waals surface area (Å²) in [5.74, 6) is 0.852. The molecule has 0 amide bonds. The van der Waals surface area contributed by atoms with E-state index in [-0.39, 0.29) is 28.4 Å². The minimum absolute atomic E-state index is 0.0366. The summed E-state index contributed by atoms with van der Waals surface area (Å²) in [7, 11) is 0. The Labute approximate surface area is 155 Å². The zero-order chi connectivity index (χ0) is 18.9. The number of ketones is 1. The van der Waals surface area contributed by atoms with Gasteiger partial charge < -0.3 is 15.4 Å². The van der Waals surface area contributed by atoms with E-state index in [2.05, 4.69) is 19.0 Å². The van der Waals surface area contributed by atoms with Crippen molar-refractivity contribution in [3.05, 3.63) is 11.6 Å². The number of carbonyl (C=O) groups excluding carboxylic acids is 1. The van der Waals surface area contributed by atoms with Crippen LogP contribution >= 0.6 is 0 Å². The highest BCUT2D eigenvalue weighted by molar-refractivity contribution is 5.94. The summed E-state index contributed by atoms with van der Waals surface area (Å²) in [5.41, 5.74) is 1.84. The topological polar surface area (TPSA) is 90.1 Å². The standard InChI is InChI=1S/C21H31NO4/c1-11(22-26)13-4-5-14-12-8-17(23)16-9-18(24)19(25)10-21(16,3)15(12)6-7-20(13,14)2/h8,13-16,18-19,24-26H,4-7,9-10H2,1-3H3/b22-11-/t13-,14?,15?,16+,18-,19+,20-,21-/m1/s1. The van der Waals surface area contributed by atoms with Gasteiger partial charge in [-0.15, -0.1) is 0 Å². The fourth-order valence-corrected chi connectivity index (χ4v) is 7.15. The summed E-state index contributed by atoms with van der Waals surface area (Å²) in [6, 6.07) is 0. The molecule has 0 bridgehead atoms. The summed E-state index contributed by atoms with van der Waals surface area (Å²) < 4.78 is 0. The van der Waals surface area contributed by atoms with E-state index in [9.17, 15) is 20.2 Å². The van der Waals surface area contributed by atoms with Crippen molar-refractivity contribution in [2.45, 2.75) is 71.5 Å². The lowest BCUT2D eigenvalue weighted by Crippen LogP contribution is -2.55. The molecular formula is C21H31NO4. The number of nitrogens with zero attached hydrogens (tertiary/aromatic N) is 1.